The van der Waals surface area contributed by atoms with Gasteiger partial charge in [0.1, 0.15) is 11.2 Å². The quantitative estimate of drug-likeness (QED) is 0.644. The van der Waals surface area contributed by atoms with Gasteiger partial charge < -0.3 is 4.74 Å². The van der Waals surface area contributed by atoms with E-state index in [1.165, 1.54) is 18.3 Å². The fourth-order valence-corrected chi connectivity index (χ4v) is 0.879. The molecule has 0 unspecified atom stereocenters. The topological polar surface area (TPSA) is 59.1 Å². The van der Waals surface area contributed by atoms with Gasteiger partial charge in [0.15, 0.2) is 0 Å². The molecule has 0 fully saturated rings. The predicted molar refractivity (Wildman–Crippen MR) is 49.5 cm³/mol. The first-order valence-corrected chi connectivity index (χ1v) is 4.25. The maximum atomic E-state index is 11.4. The molecule has 0 aliphatic carbocycles. The standard InChI is InChI=1S/C10H12NO3/c1-10(2,3)14-9(13)7-5-4-6-11-8(7)12/h4-6H,1-3H3. The summed E-state index contributed by atoms with van der Waals surface area (Å²) < 4.78 is 5.03. The molecule has 0 bridgehead atoms. The summed E-state index contributed by atoms with van der Waals surface area (Å²) in [5.41, 5.74) is -0.623. The summed E-state index contributed by atoms with van der Waals surface area (Å²) in [6.07, 6.45) is 1.34. The number of carbonyl (C=O) groups is 1. The van der Waals surface area contributed by atoms with Crippen molar-refractivity contribution in [3.63, 3.8) is 0 Å². The first kappa shape index (κ1) is 10.5. The second kappa shape index (κ2) is 3.65. The Kier molecular flexibility index (Phi) is 2.74. The van der Waals surface area contributed by atoms with E-state index in [2.05, 4.69) is 4.98 Å². The number of carbonyl (C=O) groups excluding carboxylic acids is 1. The number of aromatic nitrogens is 1. The van der Waals surface area contributed by atoms with Crippen molar-refractivity contribution in [2.45, 2.75) is 26.4 Å². The molecule has 0 spiro atoms. The van der Waals surface area contributed by atoms with Crippen molar-refractivity contribution in [3.05, 3.63) is 23.9 Å². The van der Waals surface area contributed by atoms with Crippen molar-refractivity contribution >= 4 is 5.97 Å². The first-order valence-electron chi connectivity index (χ1n) is 4.25. The van der Waals surface area contributed by atoms with Crippen molar-refractivity contribution in [2.24, 2.45) is 0 Å². The Morgan fingerprint density at radius 1 is 1.43 bits per heavy atom. The average Bonchev–Trinajstić information content (AvgIpc) is 2.01. The largest absolute Gasteiger partial charge is 0.456 e. The van der Waals surface area contributed by atoms with Crippen LogP contribution >= 0.6 is 0 Å². The van der Waals surface area contributed by atoms with Gasteiger partial charge in [-0.3, -0.25) is 5.11 Å². The van der Waals surface area contributed by atoms with Gasteiger partial charge in [0.05, 0.1) is 0 Å². The third-order valence-electron chi connectivity index (χ3n) is 1.39. The highest BCUT2D eigenvalue weighted by atomic mass is 16.6. The molecule has 4 heteroatoms. The van der Waals surface area contributed by atoms with Crippen LogP contribution in [-0.2, 0) is 9.84 Å². The van der Waals surface area contributed by atoms with Gasteiger partial charge in [-0.25, -0.2) is 9.78 Å². The minimum atomic E-state index is -0.629. The van der Waals surface area contributed by atoms with Gasteiger partial charge >= 0.3 is 5.97 Å². The molecular weight excluding hydrogens is 182 g/mol. The molecule has 0 saturated heterocycles. The predicted octanol–water partition coefficient (Wildman–Crippen LogP) is 2.18. The zero-order valence-electron chi connectivity index (χ0n) is 8.40. The molecule has 75 valence electrons. The SMILES string of the molecule is CC(C)(C)OC(=O)c1cccnc1[O]. The van der Waals surface area contributed by atoms with Gasteiger partial charge in [0.2, 0.25) is 0 Å². The van der Waals surface area contributed by atoms with E-state index in [-0.39, 0.29) is 5.56 Å². The number of pyridine rings is 1. The molecule has 1 aromatic rings. The van der Waals surface area contributed by atoms with Crippen LogP contribution in [0.1, 0.15) is 31.1 Å². The summed E-state index contributed by atoms with van der Waals surface area (Å²) >= 11 is 0. The van der Waals surface area contributed by atoms with E-state index in [0.29, 0.717) is 0 Å². The van der Waals surface area contributed by atoms with Crippen molar-refractivity contribution in [2.75, 3.05) is 0 Å². The average molecular weight is 194 g/mol. The maximum Gasteiger partial charge on any atom is 0.344 e. The van der Waals surface area contributed by atoms with Crippen LogP contribution in [0.2, 0.25) is 0 Å². The highest BCUT2D eigenvalue weighted by Crippen LogP contribution is 2.17. The van der Waals surface area contributed by atoms with E-state index in [9.17, 15) is 9.90 Å². The lowest BCUT2D eigenvalue weighted by Gasteiger charge is -2.19. The minimum absolute atomic E-state index is 0.0255. The summed E-state index contributed by atoms with van der Waals surface area (Å²) in [5, 5.41) is 11.1. The molecule has 1 aromatic heterocycles. The van der Waals surface area contributed by atoms with E-state index in [4.69, 9.17) is 4.74 Å². The monoisotopic (exact) mass is 194 g/mol. The Balaban J connectivity index is 2.86. The second-order valence-corrected chi connectivity index (χ2v) is 3.86. The van der Waals surface area contributed by atoms with Gasteiger partial charge in [-0.05, 0) is 32.9 Å². The molecule has 14 heavy (non-hydrogen) atoms. The third-order valence-corrected chi connectivity index (χ3v) is 1.39. The van der Waals surface area contributed by atoms with Crippen molar-refractivity contribution in [1.29, 1.82) is 0 Å². The van der Waals surface area contributed by atoms with Crippen LogP contribution in [0.25, 0.3) is 0 Å². The molecule has 1 heterocycles. The summed E-state index contributed by atoms with van der Waals surface area (Å²) in [5.74, 6) is -1.18. The Labute approximate surface area is 82.5 Å². The van der Waals surface area contributed by atoms with Crippen LogP contribution in [0.5, 0.6) is 5.88 Å². The van der Waals surface area contributed by atoms with Crippen LogP contribution < -0.4 is 0 Å². The normalized spacial score (nSPS) is 11.1. The van der Waals surface area contributed by atoms with Crippen LogP contribution in [0, 0.1) is 0 Å². The van der Waals surface area contributed by atoms with Gasteiger partial charge in [0.25, 0.3) is 5.88 Å². The molecule has 0 aliphatic heterocycles. The summed E-state index contributed by atoms with van der Waals surface area (Å²) in [6.45, 7) is 5.23. The molecule has 0 aliphatic rings. The molecule has 0 N–H and O–H groups in total. The fraction of sp³-hybridized carbons (Fsp3) is 0.400. The lowest BCUT2D eigenvalue weighted by molar-refractivity contribution is 0.00644. The van der Waals surface area contributed by atoms with E-state index in [0.717, 1.165) is 0 Å². The van der Waals surface area contributed by atoms with E-state index < -0.39 is 17.5 Å². The van der Waals surface area contributed by atoms with Crippen LogP contribution in [-0.4, -0.2) is 16.6 Å². The van der Waals surface area contributed by atoms with E-state index in [1.807, 2.05) is 0 Å². The van der Waals surface area contributed by atoms with Crippen molar-refractivity contribution < 1.29 is 14.6 Å². The smallest absolute Gasteiger partial charge is 0.344 e. The Morgan fingerprint density at radius 3 is 2.57 bits per heavy atom. The van der Waals surface area contributed by atoms with Gasteiger partial charge in [-0.15, -0.1) is 0 Å². The molecule has 1 rings (SSSR count). The first-order chi connectivity index (χ1) is 6.40. The zero-order chi connectivity index (χ0) is 10.8. The molecule has 1 radical (unpaired) electrons. The molecule has 4 nitrogen and oxygen atoms in total. The van der Waals surface area contributed by atoms with Crippen LogP contribution in [0.4, 0.5) is 0 Å². The Hall–Kier alpha value is -1.58. The Morgan fingerprint density at radius 2 is 2.07 bits per heavy atom. The number of esters is 1. The third kappa shape index (κ3) is 2.73. The lowest BCUT2D eigenvalue weighted by atomic mass is 10.2. The van der Waals surface area contributed by atoms with Crippen LogP contribution in [0.3, 0.4) is 0 Å². The van der Waals surface area contributed by atoms with Gasteiger partial charge in [0, 0.05) is 6.20 Å². The zero-order valence-corrected chi connectivity index (χ0v) is 8.40. The highest BCUT2D eigenvalue weighted by molar-refractivity contribution is 5.91. The van der Waals surface area contributed by atoms with E-state index in [1.54, 1.807) is 20.8 Å². The highest BCUT2D eigenvalue weighted by Gasteiger charge is 2.21. The van der Waals surface area contributed by atoms with Gasteiger partial charge in [-0.2, -0.15) is 0 Å². The van der Waals surface area contributed by atoms with Crippen LogP contribution in [0.15, 0.2) is 18.3 Å². The van der Waals surface area contributed by atoms with Crippen molar-refractivity contribution in [1.82, 2.24) is 4.98 Å². The Bertz CT molecular complexity index is 341. The maximum absolute atomic E-state index is 11.4. The molecule has 0 saturated carbocycles. The number of rotatable bonds is 1. The van der Waals surface area contributed by atoms with Crippen molar-refractivity contribution in [3.8, 4) is 5.88 Å². The number of nitrogens with zero attached hydrogens (tertiary/aromatic N) is 1. The molecular formula is C10H12NO3. The summed E-state index contributed by atoms with van der Waals surface area (Å²) in [7, 11) is 0. The minimum Gasteiger partial charge on any atom is -0.456 e. The number of ether oxygens (including phenoxy) is 1. The number of hydrogen-bond acceptors (Lipinski definition) is 3. The lowest BCUT2D eigenvalue weighted by Crippen LogP contribution is -2.23. The number of hydrogen-bond donors (Lipinski definition) is 0. The summed E-state index contributed by atoms with van der Waals surface area (Å²) in [4.78, 5) is 14.9. The summed E-state index contributed by atoms with van der Waals surface area (Å²) in [6, 6.07) is 2.93. The molecule has 0 atom stereocenters. The molecule has 0 aromatic carbocycles. The van der Waals surface area contributed by atoms with Gasteiger partial charge in [-0.1, -0.05) is 0 Å². The second-order valence-electron chi connectivity index (χ2n) is 3.86. The van der Waals surface area contributed by atoms with E-state index >= 15 is 0 Å². The fourth-order valence-electron chi connectivity index (χ4n) is 0.879. The molecule has 0 amide bonds.